The van der Waals surface area contributed by atoms with Gasteiger partial charge in [0, 0.05) is 29.5 Å². The number of halogens is 1. The Labute approximate surface area is 212 Å². The average Bonchev–Trinajstić information content (AvgIpc) is 3.25. The van der Waals surface area contributed by atoms with Crippen molar-refractivity contribution in [2.45, 2.75) is 45.6 Å². The highest BCUT2D eigenvalue weighted by Gasteiger charge is 2.25. The van der Waals surface area contributed by atoms with Crippen molar-refractivity contribution in [1.29, 1.82) is 0 Å². The van der Waals surface area contributed by atoms with Crippen molar-refractivity contribution in [2.75, 3.05) is 13.6 Å². The first-order valence-electron chi connectivity index (χ1n) is 12.0. The van der Waals surface area contributed by atoms with E-state index in [2.05, 4.69) is 31.0 Å². The van der Waals surface area contributed by atoms with Crippen LogP contribution in [0, 0.1) is 13.8 Å². The first-order chi connectivity index (χ1) is 16.8. The van der Waals surface area contributed by atoms with E-state index in [0.29, 0.717) is 12.1 Å². The third kappa shape index (κ3) is 5.58. The lowest BCUT2D eigenvalue weighted by molar-refractivity contribution is -0.138. The van der Waals surface area contributed by atoms with Gasteiger partial charge in [0.25, 0.3) is 0 Å². The van der Waals surface area contributed by atoms with Crippen molar-refractivity contribution in [3.05, 3.63) is 99.9 Å². The van der Waals surface area contributed by atoms with E-state index in [0.717, 1.165) is 51.6 Å². The Hall–Kier alpha value is -3.15. The van der Waals surface area contributed by atoms with Crippen LogP contribution in [0.5, 0.6) is 0 Å². The quantitative estimate of drug-likeness (QED) is 0.413. The van der Waals surface area contributed by atoms with E-state index in [1.165, 1.54) is 0 Å². The van der Waals surface area contributed by atoms with Gasteiger partial charge in [0.05, 0.1) is 23.0 Å². The smallest absolute Gasteiger partial charge is 0.311 e. The molecule has 0 spiro atoms. The Morgan fingerprint density at radius 1 is 1.17 bits per heavy atom. The number of allylic oxidation sites excluding steroid dienone is 2. The summed E-state index contributed by atoms with van der Waals surface area (Å²) in [5, 5.41) is 15.7. The second kappa shape index (κ2) is 10.6. The molecule has 0 radical (unpaired) electrons. The molecule has 35 heavy (non-hydrogen) atoms. The number of carboxylic acid groups (broad SMARTS) is 1. The van der Waals surface area contributed by atoms with Crippen molar-refractivity contribution in [1.82, 2.24) is 14.7 Å². The summed E-state index contributed by atoms with van der Waals surface area (Å²) < 4.78 is 1.88. The standard InChI is InChI=1S/C29H32ClN3O2/c1-5-32(4)24-13-14-25(27(30)18-24)28-17-22(31-33(28)23-11-9-19(2)10-12-23)16-26(29(34)35)21-8-6-7-20(3)15-21/h6-15,17,24,26H,5,16,18H2,1-4H3,(H,34,35). The fourth-order valence-electron chi connectivity index (χ4n) is 4.47. The highest BCUT2D eigenvalue weighted by Crippen LogP contribution is 2.34. The van der Waals surface area contributed by atoms with Crippen molar-refractivity contribution in [3.63, 3.8) is 0 Å². The van der Waals surface area contributed by atoms with E-state index in [4.69, 9.17) is 16.7 Å². The Balaban J connectivity index is 1.75. The molecular formula is C29H32ClN3O2. The molecule has 1 heterocycles. The first-order valence-corrected chi connectivity index (χ1v) is 12.4. The average molecular weight is 490 g/mol. The molecule has 0 amide bonds. The van der Waals surface area contributed by atoms with Crippen molar-refractivity contribution in [2.24, 2.45) is 0 Å². The van der Waals surface area contributed by atoms with Crippen LogP contribution in [-0.4, -0.2) is 45.4 Å². The van der Waals surface area contributed by atoms with E-state index >= 15 is 0 Å². The van der Waals surface area contributed by atoms with Gasteiger partial charge in [-0.2, -0.15) is 5.10 Å². The van der Waals surface area contributed by atoms with E-state index in [1.54, 1.807) is 0 Å². The Morgan fingerprint density at radius 2 is 1.91 bits per heavy atom. The first kappa shape index (κ1) is 25.0. The lowest BCUT2D eigenvalue weighted by atomic mass is 9.93. The molecule has 0 aliphatic heterocycles. The van der Waals surface area contributed by atoms with Crippen LogP contribution < -0.4 is 0 Å². The number of carboxylic acids is 1. The lowest BCUT2D eigenvalue weighted by Gasteiger charge is -2.27. The van der Waals surface area contributed by atoms with E-state index < -0.39 is 11.9 Å². The SMILES string of the molecule is CCN(C)C1C=CC(c2cc(CC(C(=O)O)c3cccc(C)c3)nn2-c2ccc(C)cc2)=C(Cl)C1. The predicted molar refractivity (Wildman–Crippen MR) is 142 cm³/mol. The van der Waals surface area contributed by atoms with Crippen LogP contribution in [0.3, 0.4) is 0 Å². The zero-order chi connectivity index (χ0) is 25.1. The summed E-state index contributed by atoms with van der Waals surface area (Å²) >= 11 is 6.84. The molecule has 6 heteroatoms. The van der Waals surface area contributed by atoms with Gasteiger partial charge in [0.2, 0.25) is 0 Å². The van der Waals surface area contributed by atoms with Gasteiger partial charge >= 0.3 is 5.97 Å². The number of hydrogen-bond donors (Lipinski definition) is 1. The minimum Gasteiger partial charge on any atom is -0.481 e. The number of aromatic nitrogens is 2. The van der Waals surface area contributed by atoms with E-state index in [9.17, 15) is 9.90 Å². The zero-order valence-corrected chi connectivity index (χ0v) is 21.5. The van der Waals surface area contributed by atoms with Crippen molar-refractivity contribution < 1.29 is 9.90 Å². The number of benzene rings is 2. The van der Waals surface area contributed by atoms with Gasteiger partial charge in [-0.3, -0.25) is 9.69 Å². The molecule has 2 atom stereocenters. The topological polar surface area (TPSA) is 58.4 Å². The monoisotopic (exact) mass is 489 g/mol. The summed E-state index contributed by atoms with van der Waals surface area (Å²) in [5.74, 6) is -1.54. The fourth-order valence-corrected chi connectivity index (χ4v) is 4.79. The Kier molecular flexibility index (Phi) is 7.58. The van der Waals surface area contributed by atoms with Gasteiger partial charge in [0.15, 0.2) is 0 Å². The number of carbonyl (C=O) groups is 1. The summed E-state index contributed by atoms with van der Waals surface area (Å²) in [4.78, 5) is 14.5. The van der Waals surface area contributed by atoms with Crippen LogP contribution in [0.2, 0.25) is 0 Å². The number of hydrogen-bond acceptors (Lipinski definition) is 3. The van der Waals surface area contributed by atoms with Crippen LogP contribution in [0.25, 0.3) is 11.3 Å². The maximum Gasteiger partial charge on any atom is 0.311 e. The third-order valence-corrected chi connectivity index (χ3v) is 7.06. The molecule has 1 aromatic heterocycles. The molecule has 4 rings (SSSR count). The van der Waals surface area contributed by atoms with Crippen molar-refractivity contribution >= 4 is 23.1 Å². The van der Waals surface area contributed by atoms with Crippen molar-refractivity contribution in [3.8, 4) is 5.69 Å². The Morgan fingerprint density at radius 3 is 2.54 bits per heavy atom. The number of aryl methyl sites for hydroxylation is 2. The minimum absolute atomic E-state index is 0.254. The summed E-state index contributed by atoms with van der Waals surface area (Å²) in [7, 11) is 2.09. The van der Waals surface area contributed by atoms with Crippen LogP contribution in [0.4, 0.5) is 0 Å². The molecule has 0 bridgehead atoms. The molecule has 5 nitrogen and oxygen atoms in total. The molecule has 182 valence electrons. The minimum atomic E-state index is -0.859. The fraction of sp³-hybridized carbons (Fsp3) is 0.310. The number of aliphatic carboxylic acids is 1. The Bertz CT molecular complexity index is 1270. The van der Waals surface area contributed by atoms with Crippen LogP contribution >= 0.6 is 11.6 Å². The highest BCUT2D eigenvalue weighted by molar-refractivity contribution is 6.33. The molecule has 2 aromatic carbocycles. The zero-order valence-electron chi connectivity index (χ0n) is 20.7. The highest BCUT2D eigenvalue weighted by atomic mass is 35.5. The largest absolute Gasteiger partial charge is 0.481 e. The summed E-state index contributed by atoms with van der Waals surface area (Å²) in [6.07, 6.45) is 5.28. The molecule has 1 N–H and O–H groups in total. The van der Waals surface area contributed by atoms with Gasteiger partial charge < -0.3 is 5.11 Å². The van der Waals surface area contributed by atoms with Crippen LogP contribution in [0.1, 0.15) is 47.3 Å². The van der Waals surface area contributed by atoms with E-state index in [-0.39, 0.29) is 6.04 Å². The third-order valence-electron chi connectivity index (χ3n) is 6.70. The summed E-state index contributed by atoms with van der Waals surface area (Å²) in [6.45, 7) is 7.09. The number of nitrogens with zero attached hydrogens (tertiary/aromatic N) is 3. The molecule has 0 saturated carbocycles. The lowest BCUT2D eigenvalue weighted by Crippen LogP contribution is -2.31. The normalized spacial score (nSPS) is 16.7. The molecule has 0 saturated heterocycles. The molecule has 0 fully saturated rings. The van der Waals surface area contributed by atoms with Gasteiger partial charge in [-0.15, -0.1) is 0 Å². The predicted octanol–water partition coefficient (Wildman–Crippen LogP) is 6.13. The van der Waals surface area contributed by atoms with Gasteiger partial charge in [-0.1, -0.05) is 78.2 Å². The number of rotatable bonds is 8. The van der Waals surface area contributed by atoms with Gasteiger partial charge in [-0.25, -0.2) is 4.68 Å². The molecule has 1 aliphatic rings. The molecule has 3 aromatic rings. The summed E-state index contributed by atoms with van der Waals surface area (Å²) in [5.41, 5.74) is 6.41. The van der Waals surface area contributed by atoms with Gasteiger partial charge in [0.1, 0.15) is 0 Å². The van der Waals surface area contributed by atoms with E-state index in [1.807, 2.05) is 73.1 Å². The van der Waals surface area contributed by atoms with Crippen LogP contribution in [0.15, 0.2) is 71.8 Å². The maximum absolute atomic E-state index is 12.2. The molecule has 1 aliphatic carbocycles. The molecular weight excluding hydrogens is 458 g/mol. The van der Waals surface area contributed by atoms with Gasteiger partial charge in [-0.05, 0) is 51.2 Å². The summed E-state index contributed by atoms with van der Waals surface area (Å²) in [6, 6.07) is 18.1. The molecule has 2 unspecified atom stereocenters. The second-order valence-electron chi connectivity index (χ2n) is 9.30. The van der Waals surface area contributed by atoms with Crippen LogP contribution in [-0.2, 0) is 11.2 Å². The number of likely N-dealkylation sites (N-methyl/N-ethyl adjacent to an activating group) is 1. The second-order valence-corrected chi connectivity index (χ2v) is 9.76. The maximum atomic E-state index is 12.2.